The Bertz CT molecular complexity index is 765. The number of hydrogen-bond acceptors (Lipinski definition) is 3. The molecule has 7 heteroatoms. The molecule has 1 aromatic carbocycles. The van der Waals surface area contributed by atoms with E-state index < -0.39 is 0 Å². The molecule has 0 aliphatic heterocycles. The van der Waals surface area contributed by atoms with Gasteiger partial charge in [0.1, 0.15) is 5.76 Å². The second-order valence-electron chi connectivity index (χ2n) is 7.03. The minimum Gasteiger partial charge on any atom is -0.444 e. The molecule has 1 saturated carbocycles. The smallest absolute Gasteiger partial charge is 0.214 e. The van der Waals surface area contributed by atoms with Crippen LogP contribution in [0.3, 0.4) is 0 Å². The van der Waals surface area contributed by atoms with E-state index in [1.807, 2.05) is 13.8 Å². The van der Waals surface area contributed by atoms with Crippen LogP contribution in [0, 0.1) is 13.8 Å². The molecule has 2 aromatic rings. The van der Waals surface area contributed by atoms with Crippen molar-refractivity contribution in [2.24, 2.45) is 4.99 Å². The maximum Gasteiger partial charge on any atom is 0.214 e. The van der Waals surface area contributed by atoms with Crippen LogP contribution in [-0.4, -0.2) is 24.5 Å². The number of guanidine groups is 1. The first-order valence-corrected chi connectivity index (χ1v) is 9.95. The van der Waals surface area contributed by atoms with E-state index in [-0.39, 0.29) is 29.4 Å². The molecule has 0 atom stereocenters. The molecule has 1 aliphatic carbocycles. The quantitative estimate of drug-likeness (QED) is 0.320. The van der Waals surface area contributed by atoms with Gasteiger partial charge >= 0.3 is 0 Å². The molecule has 1 heterocycles. The minimum absolute atomic E-state index is 0. The number of oxazole rings is 1. The van der Waals surface area contributed by atoms with Gasteiger partial charge < -0.3 is 15.1 Å². The lowest BCUT2D eigenvalue weighted by Gasteiger charge is -2.31. The van der Waals surface area contributed by atoms with Gasteiger partial charge in [-0.3, -0.25) is 4.99 Å². The van der Waals surface area contributed by atoms with Gasteiger partial charge in [-0.15, -0.1) is 24.0 Å². The van der Waals surface area contributed by atoms with E-state index >= 15 is 0 Å². The van der Waals surface area contributed by atoms with Gasteiger partial charge in [-0.2, -0.15) is 0 Å². The van der Waals surface area contributed by atoms with Crippen LogP contribution in [-0.2, 0) is 12.0 Å². The number of nitrogens with one attached hydrogen (secondary N) is 2. The third-order valence-electron chi connectivity index (χ3n) is 5.30. The summed E-state index contributed by atoms with van der Waals surface area (Å²) in [4.78, 5) is 8.76. The van der Waals surface area contributed by atoms with Crippen molar-refractivity contribution in [3.8, 4) is 0 Å². The van der Waals surface area contributed by atoms with Gasteiger partial charge in [-0.1, -0.05) is 40.9 Å². The Balaban J connectivity index is 0.00000261. The summed E-state index contributed by atoms with van der Waals surface area (Å²) in [5.41, 5.74) is 2.49. The molecule has 0 saturated heterocycles. The first kappa shape index (κ1) is 22.2. The van der Waals surface area contributed by atoms with Crippen LogP contribution < -0.4 is 10.6 Å². The Kier molecular flexibility index (Phi) is 8.15. The van der Waals surface area contributed by atoms with Crippen LogP contribution in [0.4, 0.5) is 0 Å². The topological polar surface area (TPSA) is 62.5 Å². The van der Waals surface area contributed by atoms with Crippen LogP contribution >= 0.6 is 39.9 Å². The Morgan fingerprint density at radius 3 is 2.59 bits per heavy atom. The number of halogens is 2. The lowest BCUT2D eigenvalue weighted by Crippen LogP contribution is -2.44. The Hall–Kier alpha value is -1.09. The molecule has 148 valence electrons. The van der Waals surface area contributed by atoms with Crippen LogP contribution in [0.1, 0.15) is 48.6 Å². The highest BCUT2D eigenvalue weighted by molar-refractivity contribution is 14.0. The second-order valence-corrected chi connectivity index (χ2v) is 7.94. The number of aromatic nitrogens is 1. The molecule has 3 rings (SSSR count). The highest BCUT2D eigenvalue weighted by Crippen LogP contribution is 2.41. The highest BCUT2D eigenvalue weighted by Gasteiger charge is 2.35. The summed E-state index contributed by atoms with van der Waals surface area (Å²) >= 11 is 3.61. The number of benzene rings is 1. The van der Waals surface area contributed by atoms with Gasteiger partial charge in [0.15, 0.2) is 5.96 Å². The van der Waals surface area contributed by atoms with Gasteiger partial charge in [-0.05, 0) is 44.4 Å². The van der Waals surface area contributed by atoms with Crippen molar-refractivity contribution in [3.05, 3.63) is 51.6 Å². The van der Waals surface area contributed by atoms with E-state index in [2.05, 4.69) is 60.8 Å². The van der Waals surface area contributed by atoms with Crippen molar-refractivity contribution in [3.63, 3.8) is 0 Å². The second kappa shape index (κ2) is 9.91. The number of aliphatic imine (C=N–C) groups is 1. The molecule has 27 heavy (non-hydrogen) atoms. The van der Waals surface area contributed by atoms with E-state index in [9.17, 15) is 0 Å². The first-order valence-electron chi connectivity index (χ1n) is 9.16. The molecular weight excluding hydrogens is 519 g/mol. The van der Waals surface area contributed by atoms with Crippen molar-refractivity contribution in [1.82, 2.24) is 15.6 Å². The number of aryl methyl sites for hydroxylation is 2. The number of nitrogens with zero attached hydrogens (tertiary/aromatic N) is 2. The molecule has 1 aliphatic rings. The summed E-state index contributed by atoms with van der Waals surface area (Å²) in [5.74, 6) is 2.33. The van der Waals surface area contributed by atoms with Crippen LogP contribution in [0.15, 0.2) is 38.1 Å². The summed E-state index contributed by atoms with van der Waals surface area (Å²) < 4.78 is 6.77. The third kappa shape index (κ3) is 5.47. The van der Waals surface area contributed by atoms with Crippen LogP contribution in [0.25, 0.3) is 0 Å². The molecule has 0 spiro atoms. The molecule has 0 bridgehead atoms. The minimum atomic E-state index is 0. The maximum atomic E-state index is 5.63. The van der Waals surface area contributed by atoms with Crippen molar-refractivity contribution in [1.29, 1.82) is 0 Å². The summed E-state index contributed by atoms with van der Waals surface area (Å²) in [6, 6.07) is 8.70. The number of hydrogen-bond donors (Lipinski definition) is 2. The average molecular weight is 547 g/mol. The molecule has 1 fully saturated rings. The summed E-state index contributed by atoms with van der Waals surface area (Å²) in [6.07, 6.45) is 4.95. The molecule has 1 aromatic heterocycles. The zero-order valence-corrected chi connectivity index (χ0v) is 20.1. The monoisotopic (exact) mass is 546 g/mol. The summed E-state index contributed by atoms with van der Waals surface area (Å²) in [6.45, 7) is 5.28. The largest absolute Gasteiger partial charge is 0.444 e. The van der Waals surface area contributed by atoms with Gasteiger partial charge in [0, 0.05) is 23.5 Å². The van der Waals surface area contributed by atoms with Crippen molar-refractivity contribution in [2.45, 2.75) is 51.5 Å². The zero-order valence-electron chi connectivity index (χ0n) is 16.1. The fourth-order valence-electron chi connectivity index (χ4n) is 3.69. The zero-order chi connectivity index (χ0) is 18.6. The Morgan fingerprint density at radius 2 is 2.00 bits per heavy atom. The highest BCUT2D eigenvalue weighted by atomic mass is 127. The molecule has 0 radical (unpaired) electrons. The normalized spacial score (nSPS) is 16.1. The lowest BCUT2D eigenvalue weighted by molar-refractivity contribution is 0.429. The predicted octanol–water partition coefficient (Wildman–Crippen LogP) is 4.85. The van der Waals surface area contributed by atoms with E-state index in [1.165, 1.54) is 31.2 Å². The standard InChI is InChI=1S/C20H27BrN4O.HI/c1-14-15(2)26-18(25-14)12-23-19(22-3)24-13-20(9-4-5-10-20)16-7-6-8-17(21)11-16;/h6-8,11H,4-5,9-10,12-13H2,1-3H3,(H2,22,23,24);1H. The van der Waals surface area contributed by atoms with Crippen LogP contribution in [0.5, 0.6) is 0 Å². The Morgan fingerprint density at radius 1 is 1.26 bits per heavy atom. The molecule has 2 N–H and O–H groups in total. The lowest BCUT2D eigenvalue weighted by atomic mass is 9.79. The van der Waals surface area contributed by atoms with Crippen LogP contribution in [0.2, 0.25) is 0 Å². The average Bonchev–Trinajstić information content (AvgIpc) is 3.23. The van der Waals surface area contributed by atoms with Gasteiger partial charge in [-0.25, -0.2) is 4.98 Å². The third-order valence-corrected chi connectivity index (χ3v) is 5.79. The maximum absolute atomic E-state index is 5.63. The SMILES string of the molecule is CN=C(NCc1nc(C)c(C)o1)NCC1(c2cccc(Br)c2)CCCC1.I. The van der Waals surface area contributed by atoms with Crippen molar-refractivity contribution >= 4 is 45.9 Å². The van der Waals surface area contributed by atoms with E-state index in [4.69, 9.17) is 4.42 Å². The van der Waals surface area contributed by atoms with Gasteiger partial charge in [0.05, 0.1) is 12.2 Å². The predicted molar refractivity (Wildman–Crippen MR) is 124 cm³/mol. The summed E-state index contributed by atoms with van der Waals surface area (Å²) in [7, 11) is 1.79. The molecule has 0 unspecified atom stereocenters. The fourth-order valence-corrected chi connectivity index (χ4v) is 4.08. The van der Waals surface area contributed by atoms with E-state index in [1.54, 1.807) is 7.05 Å². The summed E-state index contributed by atoms with van der Waals surface area (Å²) in [5, 5.41) is 6.82. The fraction of sp³-hybridized carbons (Fsp3) is 0.500. The molecular formula is C20H28BrIN4O. The van der Waals surface area contributed by atoms with E-state index in [0.29, 0.717) is 12.4 Å². The van der Waals surface area contributed by atoms with Gasteiger partial charge in [0.2, 0.25) is 5.89 Å². The molecule has 5 nitrogen and oxygen atoms in total. The van der Waals surface area contributed by atoms with Crippen molar-refractivity contribution in [2.75, 3.05) is 13.6 Å². The molecule has 0 amide bonds. The Labute approximate surface area is 187 Å². The first-order chi connectivity index (χ1) is 12.5. The van der Waals surface area contributed by atoms with Crippen molar-refractivity contribution < 1.29 is 4.42 Å². The van der Waals surface area contributed by atoms with E-state index in [0.717, 1.165) is 28.4 Å². The van der Waals surface area contributed by atoms with Gasteiger partial charge in [0.25, 0.3) is 0 Å². The number of rotatable bonds is 5.